The fraction of sp³-hybridized carbons (Fsp3) is 0.636. The molecule has 0 N–H and O–H groups in total. The van der Waals surface area contributed by atoms with Crippen LogP contribution in [0.25, 0.3) is 0 Å². The molecular weight excluding hydrogens is 350 g/mol. The fourth-order valence-corrected chi connectivity index (χ4v) is 5.27. The highest BCUT2D eigenvalue weighted by Crippen LogP contribution is 2.52. The van der Waals surface area contributed by atoms with E-state index in [-0.39, 0.29) is 17.2 Å². The minimum Gasteiger partial charge on any atom is -0.337 e. The van der Waals surface area contributed by atoms with Gasteiger partial charge in [-0.15, -0.1) is 10.2 Å². The Hall–Kier alpha value is -2.24. The third kappa shape index (κ3) is 3.23. The Morgan fingerprint density at radius 1 is 1.21 bits per heavy atom. The molecule has 6 nitrogen and oxygen atoms in total. The summed E-state index contributed by atoms with van der Waals surface area (Å²) >= 11 is 0. The van der Waals surface area contributed by atoms with Crippen LogP contribution in [0, 0.1) is 18.3 Å². The van der Waals surface area contributed by atoms with E-state index in [1.807, 2.05) is 25.4 Å². The average molecular weight is 380 g/mol. The molecule has 3 fully saturated rings. The average Bonchev–Trinajstić information content (AvgIpc) is 3.30. The van der Waals surface area contributed by atoms with E-state index in [4.69, 9.17) is 0 Å². The Morgan fingerprint density at radius 2 is 2.04 bits per heavy atom. The van der Waals surface area contributed by atoms with Crippen molar-refractivity contribution in [3.05, 3.63) is 41.7 Å². The van der Waals surface area contributed by atoms with E-state index in [9.17, 15) is 4.79 Å². The van der Waals surface area contributed by atoms with Gasteiger partial charge < -0.3 is 9.47 Å². The van der Waals surface area contributed by atoms with Crippen molar-refractivity contribution in [3.63, 3.8) is 0 Å². The first-order chi connectivity index (χ1) is 13.6. The van der Waals surface area contributed by atoms with E-state index in [0.717, 1.165) is 37.1 Å². The van der Waals surface area contributed by atoms with Crippen molar-refractivity contribution in [2.75, 3.05) is 13.1 Å². The molecule has 28 heavy (non-hydrogen) atoms. The molecule has 148 valence electrons. The van der Waals surface area contributed by atoms with E-state index >= 15 is 0 Å². The molecule has 1 atom stereocenters. The molecule has 2 saturated carbocycles. The van der Waals surface area contributed by atoms with Crippen LogP contribution in [-0.2, 0) is 6.54 Å². The molecule has 1 unspecified atom stereocenters. The van der Waals surface area contributed by atoms with Crippen molar-refractivity contribution in [2.45, 2.75) is 64.3 Å². The molecular formula is C22H29N5O. The fourth-order valence-electron chi connectivity index (χ4n) is 5.27. The molecule has 0 radical (unpaired) electrons. The molecule has 2 aromatic rings. The smallest absolute Gasteiger partial charge is 0.255 e. The van der Waals surface area contributed by atoms with Gasteiger partial charge in [0.25, 0.3) is 5.91 Å². The maximum atomic E-state index is 13.2. The number of aromatic nitrogens is 4. The normalized spacial score (nSPS) is 24.0. The van der Waals surface area contributed by atoms with Crippen molar-refractivity contribution in [1.29, 1.82) is 0 Å². The summed E-state index contributed by atoms with van der Waals surface area (Å²) < 4.78 is 2.28. The molecule has 0 aromatic carbocycles. The van der Waals surface area contributed by atoms with Crippen LogP contribution in [0.4, 0.5) is 0 Å². The van der Waals surface area contributed by atoms with Crippen molar-refractivity contribution in [3.8, 4) is 0 Å². The molecule has 1 saturated heterocycles. The number of pyridine rings is 1. The quantitative estimate of drug-likeness (QED) is 0.814. The van der Waals surface area contributed by atoms with Gasteiger partial charge in [0.2, 0.25) is 0 Å². The summed E-state index contributed by atoms with van der Waals surface area (Å²) in [6, 6.07) is 3.82. The van der Waals surface area contributed by atoms with Gasteiger partial charge >= 0.3 is 0 Å². The molecule has 0 bridgehead atoms. The van der Waals surface area contributed by atoms with Crippen LogP contribution in [0.15, 0.2) is 24.7 Å². The minimum atomic E-state index is 0.105. The minimum absolute atomic E-state index is 0.105. The first-order valence-corrected chi connectivity index (χ1v) is 10.7. The van der Waals surface area contributed by atoms with Crippen LogP contribution in [-0.4, -0.2) is 43.6 Å². The molecule has 1 spiro atoms. The molecule has 1 aliphatic heterocycles. The van der Waals surface area contributed by atoms with E-state index in [1.165, 1.54) is 44.9 Å². The zero-order valence-electron chi connectivity index (χ0n) is 16.7. The molecule has 1 amide bonds. The summed E-state index contributed by atoms with van der Waals surface area (Å²) in [6.45, 7) is 4.56. The summed E-state index contributed by atoms with van der Waals surface area (Å²) in [7, 11) is 0. The van der Waals surface area contributed by atoms with Crippen LogP contribution in [0.3, 0.4) is 0 Å². The summed E-state index contributed by atoms with van der Waals surface area (Å²) in [5.74, 6) is 2.28. The monoisotopic (exact) mass is 379 g/mol. The van der Waals surface area contributed by atoms with Gasteiger partial charge in [0.1, 0.15) is 12.2 Å². The van der Waals surface area contributed by atoms with Gasteiger partial charge in [0.15, 0.2) is 0 Å². The highest BCUT2D eigenvalue weighted by atomic mass is 16.2. The third-order valence-corrected chi connectivity index (χ3v) is 7.05. The van der Waals surface area contributed by atoms with Gasteiger partial charge in [-0.3, -0.25) is 9.78 Å². The van der Waals surface area contributed by atoms with Crippen LogP contribution in [0.2, 0.25) is 0 Å². The number of carbonyl (C=O) groups is 1. The Morgan fingerprint density at radius 3 is 2.75 bits per heavy atom. The number of nitrogens with zero attached hydrogens (tertiary/aromatic N) is 5. The lowest BCUT2D eigenvalue weighted by molar-refractivity contribution is 0.0758. The summed E-state index contributed by atoms with van der Waals surface area (Å²) in [6.07, 6.45) is 12.4. The highest BCUT2D eigenvalue weighted by Gasteiger charge is 2.50. The number of hydrogen-bond donors (Lipinski definition) is 0. The first kappa shape index (κ1) is 17.8. The van der Waals surface area contributed by atoms with Gasteiger partial charge in [-0.2, -0.15) is 0 Å². The molecule has 5 rings (SSSR count). The number of aryl methyl sites for hydroxylation is 1. The predicted molar refractivity (Wildman–Crippen MR) is 106 cm³/mol. The second-order valence-corrected chi connectivity index (χ2v) is 9.13. The Bertz CT molecular complexity index is 848. The lowest BCUT2D eigenvalue weighted by Gasteiger charge is -2.37. The van der Waals surface area contributed by atoms with Crippen LogP contribution >= 0.6 is 0 Å². The number of hydrogen-bond acceptors (Lipinski definition) is 4. The molecule has 2 aliphatic carbocycles. The number of carbonyl (C=O) groups excluding carboxylic acids is 1. The Balaban J connectivity index is 1.44. The zero-order valence-corrected chi connectivity index (χ0v) is 16.7. The summed E-state index contributed by atoms with van der Waals surface area (Å²) in [5, 5.41) is 8.83. The summed E-state index contributed by atoms with van der Waals surface area (Å²) in [4.78, 5) is 19.6. The number of amides is 1. The van der Waals surface area contributed by atoms with Crippen molar-refractivity contribution >= 4 is 5.91 Å². The predicted octanol–water partition coefficient (Wildman–Crippen LogP) is 3.58. The number of rotatable bonds is 4. The van der Waals surface area contributed by atoms with Gasteiger partial charge in [0, 0.05) is 37.4 Å². The van der Waals surface area contributed by atoms with Gasteiger partial charge in [-0.25, -0.2) is 0 Å². The molecule has 3 aliphatic rings. The van der Waals surface area contributed by atoms with Crippen molar-refractivity contribution < 1.29 is 4.79 Å². The first-order valence-electron chi connectivity index (χ1n) is 10.7. The largest absolute Gasteiger partial charge is 0.337 e. The molecule has 6 heteroatoms. The Labute approximate surface area is 166 Å². The van der Waals surface area contributed by atoms with Crippen molar-refractivity contribution in [2.24, 2.45) is 11.3 Å². The molecule has 3 heterocycles. The van der Waals surface area contributed by atoms with E-state index in [1.54, 1.807) is 6.20 Å². The Kier molecular flexibility index (Phi) is 4.44. The molecule has 2 aromatic heterocycles. The number of likely N-dealkylation sites (tertiary alicyclic amines) is 1. The maximum Gasteiger partial charge on any atom is 0.255 e. The highest BCUT2D eigenvalue weighted by molar-refractivity contribution is 5.94. The maximum absolute atomic E-state index is 13.2. The van der Waals surface area contributed by atoms with Gasteiger partial charge in [-0.1, -0.05) is 19.3 Å². The van der Waals surface area contributed by atoms with Crippen LogP contribution in [0.5, 0.6) is 0 Å². The topological polar surface area (TPSA) is 63.9 Å². The standard InChI is InChI=1S/C22H29N5O/c1-16-5-8-18(11-23-16)21(28)26-13-19(22(14-26)9-3-2-4-10-22)20-25-24-15-27(20)12-17-6-7-17/h5,8,11,15,17,19H,2-4,6-7,9-10,12-14H2,1H3. The van der Waals surface area contributed by atoms with Crippen LogP contribution < -0.4 is 0 Å². The lowest BCUT2D eigenvalue weighted by Crippen LogP contribution is -2.34. The van der Waals surface area contributed by atoms with E-state index in [2.05, 4.69) is 24.6 Å². The van der Waals surface area contributed by atoms with Crippen molar-refractivity contribution in [1.82, 2.24) is 24.6 Å². The second kappa shape index (κ2) is 6.98. The zero-order chi connectivity index (χ0) is 19.1. The van der Waals surface area contributed by atoms with E-state index in [0.29, 0.717) is 5.56 Å². The van der Waals surface area contributed by atoms with E-state index < -0.39 is 0 Å². The van der Waals surface area contributed by atoms with Gasteiger partial charge in [0.05, 0.1) is 5.56 Å². The van der Waals surface area contributed by atoms with Gasteiger partial charge in [-0.05, 0) is 56.1 Å². The third-order valence-electron chi connectivity index (χ3n) is 7.05. The lowest BCUT2D eigenvalue weighted by atomic mass is 9.67. The van der Waals surface area contributed by atoms with Crippen LogP contribution in [0.1, 0.15) is 72.7 Å². The second-order valence-electron chi connectivity index (χ2n) is 9.13. The SMILES string of the molecule is Cc1ccc(C(=O)N2CC(c3nncn3CC3CC3)C3(CCCCC3)C2)cn1. The summed E-state index contributed by atoms with van der Waals surface area (Å²) in [5.41, 5.74) is 1.78.